The summed E-state index contributed by atoms with van der Waals surface area (Å²) < 4.78 is 5.65. The van der Waals surface area contributed by atoms with Gasteiger partial charge < -0.3 is 14.7 Å². The number of fused-ring (bicyclic) bond motifs is 3. The fourth-order valence-corrected chi connectivity index (χ4v) is 4.15. The smallest absolute Gasteiger partial charge is 0.409 e. The number of amides is 1. The van der Waals surface area contributed by atoms with Gasteiger partial charge in [0.25, 0.3) is 0 Å². The lowest BCUT2D eigenvalue weighted by Crippen LogP contribution is -2.46. The van der Waals surface area contributed by atoms with Crippen molar-refractivity contribution in [2.45, 2.75) is 25.4 Å². The zero-order chi connectivity index (χ0) is 17.4. The van der Waals surface area contributed by atoms with Gasteiger partial charge in [-0.25, -0.2) is 4.79 Å². The number of β-amino-alcohol motifs (C(OH)–C–C–N with tert-alkyl or cyclic N) is 1. The van der Waals surface area contributed by atoms with E-state index in [0.29, 0.717) is 25.6 Å². The Kier molecular flexibility index (Phi) is 4.22. The second kappa shape index (κ2) is 6.52. The summed E-state index contributed by atoms with van der Waals surface area (Å²) in [6.45, 7) is 3.38. The third-order valence-corrected chi connectivity index (χ3v) is 5.23. The highest BCUT2D eigenvalue weighted by Gasteiger charge is 2.31. The van der Waals surface area contributed by atoms with Crippen molar-refractivity contribution in [1.29, 1.82) is 0 Å². The van der Waals surface area contributed by atoms with E-state index in [0.717, 1.165) is 6.42 Å². The number of benzene rings is 2. The van der Waals surface area contributed by atoms with Gasteiger partial charge in [0, 0.05) is 19.0 Å². The summed E-state index contributed by atoms with van der Waals surface area (Å²) >= 11 is 0. The Bertz CT molecular complexity index is 733. The first kappa shape index (κ1) is 16.2. The van der Waals surface area contributed by atoms with Crippen LogP contribution in [0.15, 0.2) is 48.5 Å². The summed E-state index contributed by atoms with van der Waals surface area (Å²) in [5.74, 6) is 0.368. The van der Waals surface area contributed by atoms with Crippen LogP contribution in [0.2, 0.25) is 0 Å². The van der Waals surface area contributed by atoms with Gasteiger partial charge in [0.2, 0.25) is 0 Å². The zero-order valence-corrected chi connectivity index (χ0v) is 14.4. The minimum absolute atomic E-state index is 0.0727. The lowest BCUT2D eigenvalue weighted by Gasteiger charge is -2.33. The van der Waals surface area contributed by atoms with Gasteiger partial charge >= 0.3 is 6.09 Å². The van der Waals surface area contributed by atoms with Crippen LogP contribution in [0.5, 0.6) is 0 Å². The molecule has 2 aliphatic rings. The molecule has 1 aliphatic carbocycles. The van der Waals surface area contributed by atoms with E-state index in [9.17, 15) is 9.90 Å². The standard InChI is InChI=1S/C21H23NO3/c1-14-10-15(23)12-22(11-14)21(24)25-13-20-18-8-4-2-6-16(18)17-7-3-5-9-19(17)20/h2-9,14-15,20,23H,10-13H2,1H3/t14-,15-/m1/s1. The van der Waals surface area contributed by atoms with Gasteiger partial charge in [-0.3, -0.25) is 0 Å². The van der Waals surface area contributed by atoms with Gasteiger partial charge in [0.1, 0.15) is 6.61 Å². The predicted molar refractivity (Wildman–Crippen MR) is 96.4 cm³/mol. The summed E-state index contributed by atoms with van der Waals surface area (Å²) in [5.41, 5.74) is 4.87. The molecule has 1 saturated heterocycles. The van der Waals surface area contributed by atoms with E-state index in [4.69, 9.17) is 4.74 Å². The molecule has 1 heterocycles. The molecular formula is C21H23NO3. The number of likely N-dealkylation sites (tertiary alicyclic amines) is 1. The number of nitrogens with zero attached hydrogens (tertiary/aromatic N) is 1. The number of hydrogen-bond donors (Lipinski definition) is 1. The Hall–Kier alpha value is -2.33. The van der Waals surface area contributed by atoms with E-state index >= 15 is 0 Å². The van der Waals surface area contributed by atoms with Crippen LogP contribution in [0, 0.1) is 5.92 Å². The molecule has 4 rings (SSSR count). The van der Waals surface area contributed by atoms with Crippen molar-refractivity contribution < 1.29 is 14.6 Å². The molecule has 0 saturated carbocycles. The highest BCUT2D eigenvalue weighted by Crippen LogP contribution is 2.44. The number of aliphatic hydroxyl groups excluding tert-OH is 1. The number of aliphatic hydroxyl groups is 1. The molecule has 1 fully saturated rings. The van der Waals surface area contributed by atoms with Crippen molar-refractivity contribution in [3.8, 4) is 11.1 Å². The summed E-state index contributed by atoms with van der Waals surface area (Å²) in [6, 6.07) is 16.6. The lowest BCUT2D eigenvalue weighted by molar-refractivity contribution is 0.0307. The number of ether oxygens (including phenoxy) is 1. The molecule has 0 bridgehead atoms. The zero-order valence-electron chi connectivity index (χ0n) is 14.4. The maximum atomic E-state index is 12.5. The summed E-state index contributed by atoms with van der Waals surface area (Å²) in [7, 11) is 0. The van der Waals surface area contributed by atoms with Gasteiger partial charge in [-0.2, -0.15) is 0 Å². The van der Waals surface area contributed by atoms with E-state index in [1.807, 2.05) is 31.2 Å². The fraction of sp³-hybridized carbons (Fsp3) is 0.381. The highest BCUT2D eigenvalue weighted by molar-refractivity contribution is 5.79. The lowest BCUT2D eigenvalue weighted by atomic mass is 9.98. The molecule has 2 atom stereocenters. The van der Waals surface area contributed by atoms with Crippen molar-refractivity contribution in [3.05, 3.63) is 59.7 Å². The first-order valence-electron chi connectivity index (χ1n) is 8.91. The van der Waals surface area contributed by atoms with Gasteiger partial charge in [0.05, 0.1) is 6.10 Å². The van der Waals surface area contributed by atoms with Crippen molar-refractivity contribution in [1.82, 2.24) is 4.90 Å². The maximum Gasteiger partial charge on any atom is 0.409 e. The van der Waals surface area contributed by atoms with Crippen molar-refractivity contribution in [2.75, 3.05) is 19.7 Å². The number of carbonyl (C=O) groups excluding carboxylic acids is 1. The third-order valence-electron chi connectivity index (χ3n) is 5.23. The van der Waals surface area contributed by atoms with E-state index in [1.54, 1.807) is 4.90 Å². The van der Waals surface area contributed by atoms with Gasteiger partial charge in [-0.1, -0.05) is 55.5 Å². The third kappa shape index (κ3) is 3.02. The average Bonchev–Trinajstić information content (AvgIpc) is 2.93. The maximum absolute atomic E-state index is 12.5. The molecule has 1 N–H and O–H groups in total. The molecule has 4 nitrogen and oxygen atoms in total. The fourth-order valence-electron chi connectivity index (χ4n) is 4.15. The number of rotatable bonds is 2. The molecule has 2 aromatic rings. The minimum Gasteiger partial charge on any atom is -0.448 e. The van der Waals surface area contributed by atoms with Crippen LogP contribution < -0.4 is 0 Å². The Morgan fingerprint density at radius 3 is 2.28 bits per heavy atom. The van der Waals surface area contributed by atoms with E-state index in [-0.39, 0.29) is 12.0 Å². The average molecular weight is 337 g/mol. The van der Waals surface area contributed by atoms with E-state index in [1.165, 1.54) is 22.3 Å². The topological polar surface area (TPSA) is 49.8 Å². The van der Waals surface area contributed by atoms with Crippen molar-refractivity contribution in [2.24, 2.45) is 5.92 Å². The summed E-state index contributed by atoms with van der Waals surface area (Å²) in [6.07, 6.45) is -0.0376. The van der Waals surface area contributed by atoms with Gasteiger partial charge in [-0.05, 0) is 34.6 Å². The molecule has 0 unspecified atom stereocenters. The Morgan fingerprint density at radius 1 is 1.08 bits per heavy atom. The first-order chi connectivity index (χ1) is 12.1. The largest absolute Gasteiger partial charge is 0.448 e. The first-order valence-corrected chi connectivity index (χ1v) is 8.91. The van der Waals surface area contributed by atoms with Crippen LogP contribution in [-0.2, 0) is 4.74 Å². The second-order valence-corrected chi connectivity index (χ2v) is 7.20. The summed E-state index contributed by atoms with van der Waals surface area (Å²) in [5, 5.41) is 9.89. The molecule has 130 valence electrons. The van der Waals surface area contributed by atoms with Crippen molar-refractivity contribution >= 4 is 6.09 Å². The van der Waals surface area contributed by atoms with Crippen LogP contribution in [-0.4, -0.2) is 41.9 Å². The van der Waals surface area contributed by atoms with Gasteiger partial charge in [0.15, 0.2) is 0 Å². The molecule has 1 aliphatic heterocycles. The van der Waals surface area contributed by atoms with Crippen LogP contribution in [0.1, 0.15) is 30.4 Å². The number of carbonyl (C=O) groups is 1. The predicted octanol–water partition coefficient (Wildman–Crippen LogP) is 3.64. The Morgan fingerprint density at radius 2 is 1.68 bits per heavy atom. The molecule has 4 heteroatoms. The number of hydrogen-bond acceptors (Lipinski definition) is 3. The van der Waals surface area contributed by atoms with Crippen molar-refractivity contribution in [3.63, 3.8) is 0 Å². The van der Waals surface area contributed by atoms with E-state index in [2.05, 4.69) is 24.3 Å². The second-order valence-electron chi connectivity index (χ2n) is 7.20. The van der Waals surface area contributed by atoms with Crippen LogP contribution in [0.4, 0.5) is 4.79 Å². The molecular weight excluding hydrogens is 314 g/mol. The van der Waals surface area contributed by atoms with Gasteiger partial charge in [-0.15, -0.1) is 0 Å². The van der Waals surface area contributed by atoms with E-state index < -0.39 is 6.10 Å². The minimum atomic E-state index is -0.454. The molecule has 25 heavy (non-hydrogen) atoms. The summed E-state index contributed by atoms with van der Waals surface area (Å²) in [4.78, 5) is 14.1. The Labute approximate surface area is 148 Å². The van der Waals surface area contributed by atoms with Crippen LogP contribution >= 0.6 is 0 Å². The van der Waals surface area contributed by atoms with Crippen LogP contribution in [0.25, 0.3) is 11.1 Å². The Balaban J connectivity index is 1.50. The highest BCUT2D eigenvalue weighted by atomic mass is 16.6. The molecule has 0 aromatic heterocycles. The molecule has 1 amide bonds. The molecule has 0 spiro atoms. The SMILES string of the molecule is C[C@@H]1C[C@@H](O)CN(C(=O)OCC2c3ccccc3-c3ccccc32)C1. The molecule has 0 radical (unpaired) electrons. The number of piperidine rings is 1. The quantitative estimate of drug-likeness (QED) is 0.910. The molecule has 2 aromatic carbocycles. The normalized spacial score (nSPS) is 22.4. The monoisotopic (exact) mass is 337 g/mol. The van der Waals surface area contributed by atoms with Crippen LogP contribution in [0.3, 0.4) is 0 Å².